The maximum Gasteiger partial charge on any atom is 0.242 e. The molecule has 0 radical (unpaired) electrons. The van der Waals surface area contributed by atoms with Gasteiger partial charge in [0, 0.05) is 19.3 Å². The third kappa shape index (κ3) is 5.88. The lowest BCUT2D eigenvalue weighted by molar-refractivity contribution is 0.573. The van der Waals surface area contributed by atoms with Crippen molar-refractivity contribution in [3.8, 4) is 0 Å². The normalized spacial score (nSPS) is 11.5. The fraction of sp³-hybridized carbons (Fsp3) is 0.643. The van der Waals surface area contributed by atoms with Gasteiger partial charge in [0.25, 0.3) is 0 Å². The van der Waals surface area contributed by atoms with E-state index in [0.29, 0.717) is 12.4 Å². The Kier molecular flexibility index (Phi) is 7.54. The van der Waals surface area contributed by atoms with E-state index in [1.54, 1.807) is 12.1 Å². The van der Waals surface area contributed by atoms with Crippen molar-refractivity contribution in [2.45, 2.75) is 50.8 Å². The highest BCUT2D eigenvalue weighted by Crippen LogP contribution is 2.10. The summed E-state index contributed by atoms with van der Waals surface area (Å²) in [4.78, 5) is 4.33. The maximum absolute atomic E-state index is 12.0. The largest absolute Gasteiger partial charge is 0.370 e. The number of hydrogen-bond acceptors (Lipinski definition) is 4. The van der Waals surface area contributed by atoms with Crippen LogP contribution in [0.5, 0.6) is 0 Å². The van der Waals surface area contributed by atoms with E-state index in [1.807, 2.05) is 0 Å². The number of hydrogen-bond donors (Lipinski definition) is 2. The molecule has 0 aromatic carbocycles. The van der Waals surface area contributed by atoms with E-state index in [4.69, 9.17) is 0 Å². The summed E-state index contributed by atoms with van der Waals surface area (Å²) in [6.07, 6.45) is 6.60. The van der Waals surface area contributed by atoms with Crippen molar-refractivity contribution in [1.82, 2.24) is 9.71 Å². The van der Waals surface area contributed by atoms with Gasteiger partial charge in [-0.2, -0.15) is 0 Å². The highest BCUT2D eigenvalue weighted by molar-refractivity contribution is 7.89. The van der Waals surface area contributed by atoms with Crippen LogP contribution in [0.25, 0.3) is 0 Å². The molecule has 0 saturated heterocycles. The van der Waals surface area contributed by atoms with Crippen molar-refractivity contribution in [1.29, 1.82) is 0 Å². The first kappa shape index (κ1) is 16.9. The van der Waals surface area contributed by atoms with E-state index in [0.717, 1.165) is 38.6 Å². The van der Waals surface area contributed by atoms with Crippen LogP contribution in [0.1, 0.15) is 46.0 Å². The summed E-state index contributed by atoms with van der Waals surface area (Å²) in [5.74, 6) is 0.703. The average molecular weight is 299 g/mol. The standard InChI is InChI=1S/C14H25N3O2S/c1-3-5-6-7-11-17-20(18,19)13-8-9-14(16-12-13)15-10-4-2/h8-9,12,17H,3-7,10-11H2,1-2H3,(H,15,16). The number of unbranched alkanes of at least 4 members (excludes halogenated alkanes) is 3. The summed E-state index contributed by atoms with van der Waals surface area (Å²) < 4.78 is 26.6. The smallest absolute Gasteiger partial charge is 0.242 e. The molecule has 1 aromatic heterocycles. The van der Waals surface area contributed by atoms with Crippen LogP contribution >= 0.6 is 0 Å². The Morgan fingerprint density at radius 1 is 1.05 bits per heavy atom. The van der Waals surface area contributed by atoms with Crippen molar-refractivity contribution in [2.24, 2.45) is 0 Å². The van der Waals surface area contributed by atoms with Gasteiger partial charge in [-0.05, 0) is 25.0 Å². The molecule has 0 spiro atoms. The van der Waals surface area contributed by atoms with Crippen LogP contribution in [0.3, 0.4) is 0 Å². The number of nitrogens with one attached hydrogen (secondary N) is 2. The zero-order valence-corrected chi connectivity index (χ0v) is 13.2. The van der Waals surface area contributed by atoms with Crippen LogP contribution in [-0.4, -0.2) is 26.5 Å². The van der Waals surface area contributed by atoms with Crippen LogP contribution in [0, 0.1) is 0 Å². The number of anilines is 1. The molecule has 0 aliphatic heterocycles. The fourth-order valence-electron chi connectivity index (χ4n) is 1.74. The van der Waals surface area contributed by atoms with Crippen LogP contribution in [0.15, 0.2) is 23.2 Å². The molecule has 1 rings (SSSR count). The Bertz CT molecular complexity index is 472. The molecule has 20 heavy (non-hydrogen) atoms. The lowest BCUT2D eigenvalue weighted by atomic mass is 10.2. The molecule has 6 heteroatoms. The summed E-state index contributed by atoms with van der Waals surface area (Å²) in [6, 6.07) is 3.28. The molecule has 0 fully saturated rings. The minimum Gasteiger partial charge on any atom is -0.370 e. The van der Waals surface area contributed by atoms with E-state index in [1.165, 1.54) is 6.20 Å². The van der Waals surface area contributed by atoms with Gasteiger partial charge in [-0.1, -0.05) is 33.1 Å². The Morgan fingerprint density at radius 3 is 2.45 bits per heavy atom. The molecular weight excluding hydrogens is 274 g/mol. The van der Waals surface area contributed by atoms with Gasteiger partial charge in [0.15, 0.2) is 0 Å². The third-order valence-electron chi connectivity index (χ3n) is 2.93. The molecule has 2 N–H and O–H groups in total. The molecule has 0 aliphatic rings. The van der Waals surface area contributed by atoms with Crippen LogP contribution in [-0.2, 0) is 10.0 Å². The second-order valence-corrected chi connectivity index (χ2v) is 6.53. The van der Waals surface area contributed by atoms with Gasteiger partial charge in [-0.25, -0.2) is 18.1 Å². The third-order valence-corrected chi connectivity index (χ3v) is 4.37. The van der Waals surface area contributed by atoms with Gasteiger partial charge < -0.3 is 5.32 Å². The molecule has 0 atom stereocenters. The summed E-state index contributed by atoms with van der Waals surface area (Å²) in [6.45, 7) is 5.51. The van der Waals surface area contributed by atoms with Gasteiger partial charge in [0.05, 0.1) is 0 Å². The fourth-order valence-corrected chi connectivity index (χ4v) is 2.76. The first-order valence-corrected chi connectivity index (χ1v) is 8.78. The van der Waals surface area contributed by atoms with Gasteiger partial charge in [-0.15, -0.1) is 0 Å². The zero-order valence-electron chi connectivity index (χ0n) is 12.4. The van der Waals surface area contributed by atoms with Gasteiger partial charge in [0.2, 0.25) is 10.0 Å². The van der Waals surface area contributed by atoms with Crippen molar-refractivity contribution < 1.29 is 8.42 Å². The second kappa shape index (κ2) is 8.92. The van der Waals surface area contributed by atoms with Crippen LogP contribution in [0.2, 0.25) is 0 Å². The monoisotopic (exact) mass is 299 g/mol. The van der Waals surface area contributed by atoms with E-state index in [-0.39, 0.29) is 4.90 Å². The first-order chi connectivity index (χ1) is 9.60. The number of sulfonamides is 1. The molecule has 0 aliphatic carbocycles. The molecule has 1 heterocycles. The van der Waals surface area contributed by atoms with Gasteiger partial charge in [-0.3, -0.25) is 0 Å². The van der Waals surface area contributed by atoms with Gasteiger partial charge >= 0.3 is 0 Å². The minimum atomic E-state index is -3.43. The maximum atomic E-state index is 12.0. The Labute approximate surface area is 122 Å². The van der Waals surface area contributed by atoms with E-state index < -0.39 is 10.0 Å². The highest BCUT2D eigenvalue weighted by Gasteiger charge is 2.13. The first-order valence-electron chi connectivity index (χ1n) is 7.29. The summed E-state index contributed by atoms with van der Waals surface area (Å²) in [5, 5.41) is 3.11. The highest BCUT2D eigenvalue weighted by atomic mass is 32.2. The molecular formula is C14H25N3O2S. The lowest BCUT2D eigenvalue weighted by Gasteiger charge is -2.08. The summed E-state index contributed by atoms with van der Waals surface area (Å²) >= 11 is 0. The Morgan fingerprint density at radius 2 is 1.85 bits per heavy atom. The number of aromatic nitrogens is 1. The zero-order chi connectivity index (χ0) is 14.8. The second-order valence-electron chi connectivity index (χ2n) is 4.76. The Balaban J connectivity index is 2.50. The van der Waals surface area contributed by atoms with Crippen molar-refractivity contribution in [3.05, 3.63) is 18.3 Å². The number of nitrogens with zero attached hydrogens (tertiary/aromatic N) is 1. The summed E-state index contributed by atoms with van der Waals surface area (Å²) in [7, 11) is -3.43. The molecule has 0 saturated carbocycles. The van der Waals surface area contributed by atoms with Crippen LogP contribution < -0.4 is 10.0 Å². The van der Waals surface area contributed by atoms with Gasteiger partial charge in [0.1, 0.15) is 10.7 Å². The topological polar surface area (TPSA) is 71.1 Å². The SMILES string of the molecule is CCCCCCNS(=O)(=O)c1ccc(NCCC)nc1. The predicted octanol–water partition coefficient (Wildman–Crippen LogP) is 2.76. The minimum absolute atomic E-state index is 0.218. The van der Waals surface area contributed by atoms with E-state index in [9.17, 15) is 8.42 Å². The molecule has 0 bridgehead atoms. The van der Waals surface area contributed by atoms with E-state index >= 15 is 0 Å². The number of rotatable bonds is 10. The lowest BCUT2D eigenvalue weighted by Crippen LogP contribution is -2.25. The van der Waals surface area contributed by atoms with Crippen molar-refractivity contribution in [2.75, 3.05) is 18.4 Å². The average Bonchev–Trinajstić information content (AvgIpc) is 2.45. The molecule has 114 valence electrons. The Hall–Kier alpha value is -1.14. The van der Waals surface area contributed by atoms with E-state index in [2.05, 4.69) is 28.9 Å². The number of pyridine rings is 1. The molecule has 5 nitrogen and oxygen atoms in total. The predicted molar refractivity (Wildman–Crippen MR) is 82.3 cm³/mol. The van der Waals surface area contributed by atoms with Crippen LogP contribution in [0.4, 0.5) is 5.82 Å². The molecule has 0 amide bonds. The molecule has 0 unspecified atom stereocenters. The quantitative estimate of drug-likeness (QED) is 0.652. The molecule has 1 aromatic rings. The van der Waals surface area contributed by atoms with Crippen molar-refractivity contribution in [3.63, 3.8) is 0 Å². The van der Waals surface area contributed by atoms with Crippen molar-refractivity contribution >= 4 is 15.8 Å². The summed E-state index contributed by atoms with van der Waals surface area (Å²) in [5.41, 5.74) is 0.